The van der Waals surface area contributed by atoms with Crippen molar-refractivity contribution in [1.82, 2.24) is 10.1 Å². The van der Waals surface area contributed by atoms with Crippen molar-refractivity contribution in [3.63, 3.8) is 0 Å². The standard InChI is InChI=1S/C22H22N2O3/c1-2-19(26-17-11-7-4-8-12-17)22(25)24-14-13-20-18(15-24)21(23-27-20)16-9-5-3-6-10-16/h3-12,19H,2,13-15H2,1H3/t19-/m1/s1. The Balaban J connectivity index is 1.53. The molecule has 1 atom stereocenters. The van der Waals surface area contributed by atoms with E-state index in [0.717, 1.165) is 22.6 Å². The van der Waals surface area contributed by atoms with Gasteiger partial charge in [0, 0.05) is 24.1 Å². The second-order valence-corrected chi connectivity index (χ2v) is 6.64. The van der Waals surface area contributed by atoms with E-state index in [0.29, 0.717) is 31.7 Å². The number of fused-ring (bicyclic) bond motifs is 1. The van der Waals surface area contributed by atoms with Gasteiger partial charge in [-0.15, -0.1) is 0 Å². The highest BCUT2D eigenvalue weighted by Crippen LogP contribution is 2.30. The number of para-hydroxylation sites is 1. The van der Waals surface area contributed by atoms with Crippen LogP contribution in [-0.2, 0) is 17.8 Å². The maximum absolute atomic E-state index is 13.1. The summed E-state index contributed by atoms with van der Waals surface area (Å²) in [4.78, 5) is 14.9. The summed E-state index contributed by atoms with van der Waals surface area (Å²) in [5.74, 6) is 1.59. The fraction of sp³-hybridized carbons (Fsp3) is 0.273. The number of nitrogens with zero attached hydrogens (tertiary/aromatic N) is 2. The zero-order valence-corrected chi connectivity index (χ0v) is 15.3. The van der Waals surface area contributed by atoms with Gasteiger partial charge >= 0.3 is 0 Å². The minimum atomic E-state index is -0.492. The smallest absolute Gasteiger partial charge is 0.263 e. The van der Waals surface area contributed by atoms with Gasteiger partial charge in [0.1, 0.15) is 17.2 Å². The predicted octanol–water partition coefficient (Wildman–Crippen LogP) is 4.08. The van der Waals surface area contributed by atoms with Crippen molar-refractivity contribution in [2.45, 2.75) is 32.4 Å². The van der Waals surface area contributed by atoms with Gasteiger partial charge in [0.25, 0.3) is 5.91 Å². The number of hydrogen-bond acceptors (Lipinski definition) is 4. The first-order valence-electron chi connectivity index (χ1n) is 9.29. The van der Waals surface area contributed by atoms with Gasteiger partial charge in [-0.3, -0.25) is 4.79 Å². The fourth-order valence-electron chi connectivity index (χ4n) is 3.40. The van der Waals surface area contributed by atoms with Crippen LogP contribution in [0.2, 0.25) is 0 Å². The first-order chi connectivity index (χ1) is 13.3. The van der Waals surface area contributed by atoms with Crippen molar-refractivity contribution in [3.05, 3.63) is 72.0 Å². The van der Waals surface area contributed by atoms with Crippen LogP contribution in [0, 0.1) is 0 Å². The molecule has 138 valence electrons. The molecule has 4 rings (SSSR count). The van der Waals surface area contributed by atoms with E-state index in [-0.39, 0.29) is 5.91 Å². The minimum Gasteiger partial charge on any atom is -0.481 e. The Morgan fingerprint density at radius 1 is 1.15 bits per heavy atom. The summed E-state index contributed by atoms with van der Waals surface area (Å²) in [5.41, 5.74) is 2.82. The van der Waals surface area contributed by atoms with Gasteiger partial charge in [-0.25, -0.2) is 0 Å². The second kappa shape index (κ2) is 7.66. The molecule has 1 aromatic heterocycles. The average molecular weight is 362 g/mol. The summed E-state index contributed by atoms with van der Waals surface area (Å²) in [6.45, 7) is 3.08. The third-order valence-electron chi connectivity index (χ3n) is 4.85. The van der Waals surface area contributed by atoms with Crippen molar-refractivity contribution in [3.8, 4) is 17.0 Å². The molecule has 5 heteroatoms. The van der Waals surface area contributed by atoms with Crippen LogP contribution in [0.15, 0.2) is 65.2 Å². The molecular formula is C22H22N2O3. The van der Waals surface area contributed by atoms with Crippen LogP contribution in [0.25, 0.3) is 11.3 Å². The summed E-state index contributed by atoms with van der Waals surface area (Å²) < 4.78 is 11.5. The molecule has 0 unspecified atom stereocenters. The lowest BCUT2D eigenvalue weighted by Crippen LogP contribution is -2.44. The van der Waals surface area contributed by atoms with E-state index >= 15 is 0 Å². The maximum atomic E-state index is 13.1. The van der Waals surface area contributed by atoms with Crippen molar-refractivity contribution >= 4 is 5.91 Å². The molecule has 1 amide bonds. The Morgan fingerprint density at radius 2 is 1.85 bits per heavy atom. The SMILES string of the molecule is CC[C@@H](Oc1ccccc1)C(=O)N1CCc2onc(-c3ccccc3)c2C1. The molecule has 1 aliphatic heterocycles. The highest BCUT2D eigenvalue weighted by molar-refractivity contribution is 5.82. The average Bonchev–Trinajstić information content (AvgIpc) is 3.16. The first kappa shape index (κ1) is 17.3. The maximum Gasteiger partial charge on any atom is 0.263 e. The fourth-order valence-corrected chi connectivity index (χ4v) is 3.40. The molecule has 2 heterocycles. The Morgan fingerprint density at radius 3 is 2.56 bits per heavy atom. The molecule has 0 aliphatic carbocycles. The lowest BCUT2D eigenvalue weighted by Gasteiger charge is -2.29. The van der Waals surface area contributed by atoms with Crippen molar-refractivity contribution in [1.29, 1.82) is 0 Å². The van der Waals surface area contributed by atoms with Crippen LogP contribution in [0.1, 0.15) is 24.7 Å². The zero-order chi connectivity index (χ0) is 18.6. The molecular weight excluding hydrogens is 340 g/mol. The quantitative estimate of drug-likeness (QED) is 0.686. The van der Waals surface area contributed by atoms with Gasteiger partial charge in [0.15, 0.2) is 6.10 Å². The summed E-state index contributed by atoms with van der Waals surface area (Å²) in [6, 6.07) is 19.4. The Kier molecular flexibility index (Phi) is 4.92. The normalized spacial score (nSPS) is 14.5. The van der Waals surface area contributed by atoms with Crippen LogP contribution in [0.4, 0.5) is 0 Å². The van der Waals surface area contributed by atoms with Crippen molar-refractivity contribution in [2.75, 3.05) is 6.54 Å². The van der Waals surface area contributed by atoms with Gasteiger partial charge in [-0.1, -0.05) is 60.6 Å². The number of carbonyl (C=O) groups is 1. The lowest BCUT2D eigenvalue weighted by molar-refractivity contribution is -0.139. The van der Waals surface area contributed by atoms with E-state index in [4.69, 9.17) is 9.26 Å². The molecule has 0 saturated heterocycles. The van der Waals surface area contributed by atoms with E-state index in [9.17, 15) is 4.79 Å². The Labute approximate surface area is 158 Å². The molecule has 0 spiro atoms. The van der Waals surface area contributed by atoms with Crippen LogP contribution < -0.4 is 4.74 Å². The van der Waals surface area contributed by atoms with Crippen LogP contribution >= 0.6 is 0 Å². The van der Waals surface area contributed by atoms with E-state index in [1.54, 1.807) is 0 Å². The van der Waals surface area contributed by atoms with E-state index in [1.807, 2.05) is 72.5 Å². The van der Waals surface area contributed by atoms with E-state index < -0.39 is 6.10 Å². The molecule has 1 aliphatic rings. The van der Waals surface area contributed by atoms with Crippen LogP contribution in [-0.4, -0.2) is 28.6 Å². The highest BCUT2D eigenvalue weighted by Gasteiger charge is 2.31. The van der Waals surface area contributed by atoms with Crippen molar-refractivity contribution in [2.24, 2.45) is 0 Å². The first-order valence-corrected chi connectivity index (χ1v) is 9.29. The Bertz CT molecular complexity index is 906. The molecule has 5 nitrogen and oxygen atoms in total. The molecule has 27 heavy (non-hydrogen) atoms. The lowest BCUT2D eigenvalue weighted by atomic mass is 10.0. The molecule has 0 saturated carbocycles. The minimum absolute atomic E-state index is 0.00668. The number of amides is 1. The Hall–Kier alpha value is -3.08. The summed E-state index contributed by atoms with van der Waals surface area (Å²) in [7, 11) is 0. The third-order valence-corrected chi connectivity index (χ3v) is 4.85. The molecule has 0 fully saturated rings. The van der Waals surface area contributed by atoms with Gasteiger partial charge in [0.05, 0.1) is 6.54 Å². The number of aromatic nitrogens is 1. The molecule has 3 aromatic rings. The summed E-state index contributed by atoms with van der Waals surface area (Å²) >= 11 is 0. The number of benzene rings is 2. The number of rotatable bonds is 5. The molecule has 0 bridgehead atoms. The topological polar surface area (TPSA) is 55.6 Å². The predicted molar refractivity (Wildman–Crippen MR) is 102 cm³/mol. The highest BCUT2D eigenvalue weighted by atomic mass is 16.5. The number of ether oxygens (including phenoxy) is 1. The number of hydrogen-bond donors (Lipinski definition) is 0. The largest absolute Gasteiger partial charge is 0.481 e. The molecule has 0 radical (unpaired) electrons. The zero-order valence-electron chi connectivity index (χ0n) is 15.3. The van der Waals surface area contributed by atoms with E-state index in [1.165, 1.54) is 0 Å². The van der Waals surface area contributed by atoms with Crippen LogP contribution in [0.5, 0.6) is 5.75 Å². The van der Waals surface area contributed by atoms with Gasteiger partial charge in [0.2, 0.25) is 0 Å². The summed E-state index contributed by atoms with van der Waals surface area (Å²) in [5, 5.41) is 4.25. The van der Waals surface area contributed by atoms with Gasteiger partial charge in [-0.05, 0) is 18.6 Å². The third kappa shape index (κ3) is 3.58. The van der Waals surface area contributed by atoms with E-state index in [2.05, 4.69) is 5.16 Å². The molecule has 0 N–H and O–H groups in total. The van der Waals surface area contributed by atoms with Crippen LogP contribution in [0.3, 0.4) is 0 Å². The molecule has 2 aromatic carbocycles. The van der Waals surface area contributed by atoms with Gasteiger partial charge < -0.3 is 14.2 Å². The van der Waals surface area contributed by atoms with Crippen molar-refractivity contribution < 1.29 is 14.1 Å². The number of carbonyl (C=O) groups excluding carboxylic acids is 1. The van der Waals surface area contributed by atoms with Gasteiger partial charge in [-0.2, -0.15) is 0 Å². The second-order valence-electron chi connectivity index (χ2n) is 6.64. The summed E-state index contributed by atoms with van der Waals surface area (Å²) in [6.07, 6.45) is 0.795. The monoisotopic (exact) mass is 362 g/mol.